The molecule has 168 valence electrons. The lowest BCUT2D eigenvalue weighted by Gasteiger charge is -2.17. The third-order valence-electron chi connectivity index (χ3n) is 4.81. The number of aryl methyl sites for hydroxylation is 1. The lowest BCUT2D eigenvalue weighted by molar-refractivity contribution is -0.113. The number of thioether (sulfide) groups is 1. The van der Waals surface area contributed by atoms with Gasteiger partial charge in [0.25, 0.3) is 0 Å². The van der Waals surface area contributed by atoms with Gasteiger partial charge in [0.05, 0.1) is 5.75 Å². The van der Waals surface area contributed by atoms with Crippen LogP contribution in [0.15, 0.2) is 84.0 Å². The molecule has 8 heteroatoms. The van der Waals surface area contributed by atoms with Crippen LogP contribution >= 0.6 is 11.8 Å². The van der Waals surface area contributed by atoms with Crippen LogP contribution in [0.25, 0.3) is 5.69 Å². The topological polar surface area (TPSA) is 69.0 Å². The van der Waals surface area contributed by atoms with Crippen LogP contribution < -0.4 is 10.1 Å². The molecule has 0 saturated heterocycles. The molecule has 6 nitrogen and oxygen atoms in total. The SMILES string of the molecule is Cc1cccc(NC(=O)CSc2nnc(C(C)Oc3ccccc3F)n2-c2ccccc2)c1. The molecule has 0 aliphatic rings. The molecule has 3 aromatic carbocycles. The third-order valence-corrected chi connectivity index (χ3v) is 5.74. The Labute approximate surface area is 195 Å². The van der Waals surface area contributed by atoms with E-state index in [4.69, 9.17) is 4.74 Å². The predicted molar refractivity (Wildman–Crippen MR) is 127 cm³/mol. The van der Waals surface area contributed by atoms with Crippen LogP contribution in [-0.4, -0.2) is 26.4 Å². The summed E-state index contributed by atoms with van der Waals surface area (Å²) in [6, 6.07) is 23.4. The average Bonchev–Trinajstić information content (AvgIpc) is 3.24. The van der Waals surface area contributed by atoms with Gasteiger partial charge in [0.15, 0.2) is 28.7 Å². The van der Waals surface area contributed by atoms with Gasteiger partial charge in [0.2, 0.25) is 5.91 Å². The second-order valence-electron chi connectivity index (χ2n) is 7.41. The van der Waals surface area contributed by atoms with E-state index in [1.54, 1.807) is 25.1 Å². The third kappa shape index (κ3) is 5.59. The molecule has 33 heavy (non-hydrogen) atoms. The molecule has 1 atom stereocenters. The first-order valence-corrected chi connectivity index (χ1v) is 11.4. The summed E-state index contributed by atoms with van der Waals surface area (Å²) < 4.78 is 21.8. The Balaban J connectivity index is 1.55. The number of benzene rings is 3. The molecule has 4 aromatic rings. The fraction of sp³-hybridized carbons (Fsp3) is 0.160. The Morgan fingerprint density at radius 1 is 1.06 bits per heavy atom. The smallest absolute Gasteiger partial charge is 0.234 e. The van der Waals surface area contributed by atoms with Gasteiger partial charge in [-0.3, -0.25) is 9.36 Å². The molecule has 0 saturated carbocycles. The van der Waals surface area contributed by atoms with Crippen LogP contribution in [0.2, 0.25) is 0 Å². The second kappa shape index (κ2) is 10.3. The number of halogens is 1. The maximum atomic E-state index is 14.1. The van der Waals surface area contributed by atoms with Gasteiger partial charge in [-0.2, -0.15) is 0 Å². The normalized spacial score (nSPS) is 11.7. The van der Waals surface area contributed by atoms with E-state index in [1.165, 1.54) is 17.8 Å². The van der Waals surface area contributed by atoms with E-state index in [0.717, 1.165) is 16.9 Å². The van der Waals surface area contributed by atoms with Crippen LogP contribution in [0, 0.1) is 12.7 Å². The highest BCUT2D eigenvalue weighted by Gasteiger charge is 2.22. The molecule has 1 N–H and O–H groups in total. The molecule has 0 spiro atoms. The summed E-state index contributed by atoms with van der Waals surface area (Å²) in [7, 11) is 0. The van der Waals surface area contributed by atoms with Crippen LogP contribution in [0.1, 0.15) is 24.4 Å². The van der Waals surface area contributed by atoms with E-state index < -0.39 is 11.9 Å². The van der Waals surface area contributed by atoms with Gasteiger partial charge < -0.3 is 10.1 Å². The van der Waals surface area contributed by atoms with Crippen LogP contribution in [0.5, 0.6) is 5.75 Å². The summed E-state index contributed by atoms with van der Waals surface area (Å²) >= 11 is 1.27. The summed E-state index contributed by atoms with van der Waals surface area (Å²) in [5.41, 5.74) is 2.64. The average molecular weight is 463 g/mol. The van der Waals surface area contributed by atoms with E-state index in [-0.39, 0.29) is 17.4 Å². The Kier molecular flexibility index (Phi) is 7.04. The molecule has 0 aliphatic heterocycles. The van der Waals surface area contributed by atoms with Crippen molar-refractivity contribution in [3.8, 4) is 11.4 Å². The number of carbonyl (C=O) groups is 1. The summed E-state index contributed by atoms with van der Waals surface area (Å²) in [5.74, 6) is 0.204. The molecule has 4 rings (SSSR count). The van der Waals surface area contributed by atoms with Gasteiger partial charge in [0.1, 0.15) is 0 Å². The van der Waals surface area contributed by atoms with Crippen molar-refractivity contribution in [1.82, 2.24) is 14.8 Å². The summed E-state index contributed by atoms with van der Waals surface area (Å²) in [5, 5.41) is 12.0. The largest absolute Gasteiger partial charge is 0.480 e. The van der Waals surface area contributed by atoms with Crippen molar-refractivity contribution in [3.05, 3.63) is 96.1 Å². The first-order chi connectivity index (χ1) is 16.0. The zero-order valence-electron chi connectivity index (χ0n) is 18.2. The number of aromatic nitrogens is 3. The maximum Gasteiger partial charge on any atom is 0.234 e. The van der Waals surface area contributed by atoms with Crippen molar-refractivity contribution < 1.29 is 13.9 Å². The Morgan fingerprint density at radius 3 is 2.58 bits per heavy atom. The van der Waals surface area contributed by atoms with E-state index in [2.05, 4.69) is 15.5 Å². The molecular weight excluding hydrogens is 439 g/mol. The minimum absolute atomic E-state index is 0.138. The Morgan fingerprint density at radius 2 is 1.82 bits per heavy atom. The monoisotopic (exact) mass is 462 g/mol. The second-order valence-corrected chi connectivity index (χ2v) is 8.35. The van der Waals surface area contributed by atoms with Crippen molar-refractivity contribution in [1.29, 1.82) is 0 Å². The predicted octanol–water partition coefficient (Wildman–Crippen LogP) is 5.59. The molecule has 1 aromatic heterocycles. The number of rotatable bonds is 8. The lowest BCUT2D eigenvalue weighted by Crippen LogP contribution is -2.15. The Bertz CT molecular complexity index is 1250. The minimum atomic E-state index is -0.579. The first kappa shape index (κ1) is 22.5. The van der Waals surface area contributed by atoms with Crippen LogP contribution in [0.4, 0.5) is 10.1 Å². The van der Waals surface area contributed by atoms with Gasteiger partial charge in [-0.05, 0) is 55.8 Å². The number of ether oxygens (including phenoxy) is 1. The first-order valence-electron chi connectivity index (χ1n) is 10.4. The van der Waals surface area contributed by atoms with Gasteiger partial charge in [-0.15, -0.1) is 10.2 Å². The molecule has 1 unspecified atom stereocenters. The minimum Gasteiger partial charge on any atom is -0.480 e. The zero-order valence-corrected chi connectivity index (χ0v) is 19.1. The molecule has 1 heterocycles. The number of para-hydroxylation sites is 2. The quantitative estimate of drug-likeness (QED) is 0.346. The highest BCUT2D eigenvalue weighted by atomic mass is 32.2. The molecular formula is C25H23FN4O2S. The van der Waals surface area contributed by atoms with Gasteiger partial charge >= 0.3 is 0 Å². The summed E-state index contributed by atoms with van der Waals surface area (Å²) in [6.45, 7) is 3.76. The van der Waals surface area contributed by atoms with Gasteiger partial charge in [0, 0.05) is 11.4 Å². The summed E-state index contributed by atoms with van der Waals surface area (Å²) in [4.78, 5) is 12.5. The van der Waals surface area contributed by atoms with Crippen molar-refractivity contribution in [2.24, 2.45) is 0 Å². The number of anilines is 1. The van der Waals surface area contributed by atoms with Crippen molar-refractivity contribution in [2.45, 2.75) is 25.1 Å². The molecule has 0 bridgehead atoms. The van der Waals surface area contributed by atoms with E-state index in [0.29, 0.717) is 11.0 Å². The van der Waals surface area contributed by atoms with Crippen molar-refractivity contribution in [3.63, 3.8) is 0 Å². The van der Waals surface area contributed by atoms with Gasteiger partial charge in [-0.25, -0.2) is 4.39 Å². The standard InChI is InChI=1S/C25H23FN4O2S/c1-17-9-8-10-19(15-17)27-23(31)16-33-25-29-28-24(30(25)20-11-4-3-5-12-20)18(2)32-22-14-7-6-13-21(22)26/h3-15,18H,16H2,1-2H3,(H,27,31). The number of nitrogens with zero attached hydrogens (tertiary/aromatic N) is 3. The molecule has 0 radical (unpaired) electrons. The van der Waals surface area contributed by atoms with Crippen molar-refractivity contribution >= 4 is 23.4 Å². The van der Waals surface area contributed by atoms with E-state index >= 15 is 0 Å². The fourth-order valence-corrected chi connectivity index (χ4v) is 4.05. The van der Waals surface area contributed by atoms with E-state index in [1.807, 2.05) is 66.1 Å². The molecule has 1 amide bonds. The van der Waals surface area contributed by atoms with E-state index in [9.17, 15) is 9.18 Å². The van der Waals surface area contributed by atoms with Gasteiger partial charge in [-0.1, -0.05) is 54.2 Å². The fourth-order valence-electron chi connectivity index (χ4n) is 3.29. The van der Waals surface area contributed by atoms with Crippen LogP contribution in [0.3, 0.4) is 0 Å². The summed E-state index contributed by atoms with van der Waals surface area (Å²) in [6.07, 6.45) is -0.579. The number of hydrogen-bond donors (Lipinski definition) is 1. The highest BCUT2D eigenvalue weighted by Crippen LogP contribution is 2.29. The van der Waals surface area contributed by atoms with Crippen LogP contribution in [-0.2, 0) is 4.79 Å². The number of carbonyl (C=O) groups excluding carboxylic acids is 1. The maximum absolute atomic E-state index is 14.1. The molecule has 0 aliphatic carbocycles. The number of amides is 1. The van der Waals surface area contributed by atoms with Crippen molar-refractivity contribution in [2.75, 3.05) is 11.1 Å². The highest BCUT2D eigenvalue weighted by molar-refractivity contribution is 7.99. The molecule has 0 fully saturated rings. The lowest BCUT2D eigenvalue weighted by atomic mass is 10.2. The zero-order chi connectivity index (χ0) is 23.2. The number of nitrogens with one attached hydrogen (secondary N) is 1. The number of hydrogen-bond acceptors (Lipinski definition) is 5. The Hall–Kier alpha value is -3.65.